The molecule has 0 aliphatic rings. The molecule has 0 saturated carbocycles. The Hall–Kier alpha value is -3.14. The van der Waals surface area contributed by atoms with Crippen LogP contribution < -0.4 is 0 Å². The van der Waals surface area contributed by atoms with Gasteiger partial charge in [0.15, 0.2) is 0 Å². The van der Waals surface area contributed by atoms with Gasteiger partial charge in [-0.25, -0.2) is 4.98 Å². The Morgan fingerprint density at radius 2 is 1.62 bits per heavy atom. The fourth-order valence-corrected chi connectivity index (χ4v) is 3.89. The van der Waals surface area contributed by atoms with Crippen LogP contribution in [-0.2, 0) is 13.1 Å². The Labute approximate surface area is 151 Å². The van der Waals surface area contributed by atoms with E-state index in [0.29, 0.717) is 0 Å². The lowest BCUT2D eigenvalue weighted by Crippen LogP contribution is -2.01. The molecule has 0 aliphatic heterocycles. The summed E-state index contributed by atoms with van der Waals surface area (Å²) in [6.45, 7) is 2.02. The Morgan fingerprint density at radius 3 is 2.50 bits per heavy atom. The SMILES string of the molecule is c1ccc2c(c1)ncc1c3ccccc3n(CCCCn3ccnc3)c21. The molecule has 3 heterocycles. The third kappa shape index (κ3) is 2.46. The van der Waals surface area contributed by atoms with Gasteiger partial charge in [0.1, 0.15) is 0 Å². The van der Waals surface area contributed by atoms with Crippen LogP contribution in [0, 0.1) is 0 Å². The molecule has 0 bridgehead atoms. The third-order valence-electron chi connectivity index (χ3n) is 5.11. The number of unbranched alkanes of at least 4 members (excludes halogenated alkanes) is 1. The van der Waals surface area contributed by atoms with Gasteiger partial charge in [-0.05, 0) is 25.0 Å². The lowest BCUT2D eigenvalue weighted by atomic mass is 10.1. The third-order valence-corrected chi connectivity index (χ3v) is 5.11. The van der Waals surface area contributed by atoms with Crippen molar-refractivity contribution in [1.82, 2.24) is 19.1 Å². The van der Waals surface area contributed by atoms with Gasteiger partial charge in [0.05, 0.1) is 17.4 Å². The highest BCUT2D eigenvalue weighted by Crippen LogP contribution is 2.33. The zero-order valence-electron chi connectivity index (χ0n) is 14.5. The number of para-hydroxylation sites is 2. The number of aromatic nitrogens is 4. The van der Waals surface area contributed by atoms with Crippen LogP contribution in [0.3, 0.4) is 0 Å². The van der Waals surface area contributed by atoms with Crippen molar-refractivity contribution in [3.8, 4) is 0 Å². The van der Waals surface area contributed by atoms with Crippen LogP contribution in [0.1, 0.15) is 12.8 Å². The number of rotatable bonds is 5. The fraction of sp³-hybridized carbons (Fsp3) is 0.182. The highest BCUT2D eigenvalue weighted by Gasteiger charge is 2.13. The lowest BCUT2D eigenvalue weighted by Gasteiger charge is -2.09. The van der Waals surface area contributed by atoms with E-state index in [1.165, 1.54) is 27.2 Å². The Balaban J connectivity index is 1.58. The standard InChI is InChI=1S/C22H20N4/c1-3-9-20-18(8-1)22-19(15-24-20)17-7-2-4-10-21(17)26(22)13-6-5-12-25-14-11-23-16-25/h1-4,7-11,14-16H,5-6,12-13H2. The molecule has 0 spiro atoms. The molecule has 0 unspecified atom stereocenters. The summed E-state index contributed by atoms with van der Waals surface area (Å²) in [7, 11) is 0. The molecule has 5 aromatic rings. The minimum Gasteiger partial charge on any atom is -0.340 e. The molecule has 128 valence electrons. The number of imidazole rings is 1. The van der Waals surface area contributed by atoms with Gasteiger partial charge in [0.2, 0.25) is 0 Å². The first-order valence-electron chi connectivity index (χ1n) is 9.12. The van der Waals surface area contributed by atoms with E-state index in [0.717, 1.165) is 31.4 Å². The Bertz CT molecular complexity index is 1190. The molecular formula is C22H20N4. The van der Waals surface area contributed by atoms with Crippen LogP contribution in [0.4, 0.5) is 0 Å². The van der Waals surface area contributed by atoms with Crippen molar-refractivity contribution >= 4 is 32.7 Å². The molecule has 3 aromatic heterocycles. The largest absolute Gasteiger partial charge is 0.340 e. The molecule has 0 N–H and O–H groups in total. The monoisotopic (exact) mass is 340 g/mol. The number of nitrogens with zero attached hydrogens (tertiary/aromatic N) is 4. The van der Waals surface area contributed by atoms with E-state index in [9.17, 15) is 0 Å². The van der Waals surface area contributed by atoms with E-state index in [-0.39, 0.29) is 0 Å². The van der Waals surface area contributed by atoms with Crippen LogP contribution in [0.5, 0.6) is 0 Å². The van der Waals surface area contributed by atoms with E-state index in [4.69, 9.17) is 0 Å². The summed E-state index contributed by atoms with van der Waals surface area (Å²) in [6.07, 6.45) is 10.0. The summed E-state index contributed by atoms with van der Waals surface area (Å²) in [5.74, 6) is 0. The molecule has 0 amide bonds. The second-order valence-electron chi connectivity index (χ2n) is 6.71. The van der Waals surface area contributed by atoms with Gasteiger partial charge >= 0.3 is 0 Å². The average Bonchev–Trinajstić information content (AvgIpc) is 3.32. The maximum absolute atomic E-state index is 4.68. The minimum atomic E-state index is 1.01. The molecule has 26 heavy (non-hydrogen) atoms. The zero-order chi connectivity index (χ0) is 17.3. The second-order valence-corrected chi connectivity index (χ2v) is 6.71. The van der Waals surface area contributed by atoms with Crippen molar-refractivity contribution in [2.24, 2.45) is 0 Å². The topological polar surface area (TPSA) is 35.6 Å². The molecule has 4 nitrogen and oxygen atoms in total. The maximum atomic E-state index is 4.68. The molecule has 0 saturated heterocycles. The van der Waals surface area contributed by atoms with Crippen molar-refractivity contribution in [2.75, 3.05) is 0 Å². The number of fused-ring (bicyclic) bond motifs is 5. The van der Waals surface area contributed by atoms with Gasteiger partial charge in [-0.2, -0.15) is 0 Å². The van der Waals surface area contributed by atoms with Crippen molar-refractivity contribution < 1.29 is 0 Å². The van der Waals surface area contributed by atoms with E-state index < -0.39 is 0 Å². The summed E-state index contributed by atoms with van der Waals surface area (Å²) in [5.41, 5.74) is 3.66. The highest BCUT2D eigenvalue weighted by molar-refractivity contribution is 6.16. The molecule has 0 atom stereocenters. The summed E-state index contributed by atoms with van der Waals surface area (Å²) < 4.78 is 4.62. The first-order valence-corrected chi connectivity index (χ1v) is 9.12. The maximum Gasteiger partial charge on any atom is 0.0945 e. The number of pyridine rings is 1. The van der Waals surface area contributed by atoms with Gasteiger partial charge in [0.25, 0.3) is 0 Å². The van der Waals surface area contributed by atoms with E-state index >= 15 is 0 Å². The van der Waals surface area contributed by atoms with Crippen LogP contribution >= 0.6 is 0 Å². The van der Waals surface area contributed by atoms with Gasteiger partial charge in [-0.3, -0.25) is 4.98 Å². The molecule has 0 fully saturated rings. The van der Waals surface area contributed by atoms with Crippen LogP contribution in [0.2, 0.25) is 0 Å². The first-order chi connectivity index (χ1) is 12.9. The fourth-order valence-electron chi connectivity index (χ4n) is 3.89. The first kappa shape index (κ1) is 15.1. The average molecular weight is 340 g/mol. The highest BCUT2D eigenvalue weighted by atomic mass is 15.0. The molecule has 0 radical (unpaired) electrons. The molecule has 0 aliphatic carbocycles. The zero-order valence-corrected chi connectivity index (χ0v) is 14.5. The molecule has 5 rings (SSSR count). The normalized spacial score (nSPS) is 11.7. The van der Waals surface area contributed by atoms with Crippen molar-refractivity contribution in [3.63, 3.8) is 0 Å². The summed E-state index contributed by atoms with van der Waals surface area (Å²) in [5, 5.41) is 3.76. The number of hydrogen-bond acceptors (Lipinski definition) is 2. The van der Waals surface area contributed by atoms with Gasteiger partial charge in [-0.1, -0.05) is 36.4 Å². The van der Waals surface area contributed by atoms with E-state index in [2.05, 4.69) is 67.6 Å². The minimum absolute atomic E-state index is 1.01. The van der Waals surface area contributed by atoms with Gasteiger partial charge in [-0.15, -0.1) is 0 Å². The molecular weight excluding hydrogens is 320 g/mol. The smallest absolute Gasteiger partial charge is 0.0945 e. The van der Waals surface area contributed by atoms with Gasteiger partial charge in [0, 0.05) is 53.4 Å². The summed E-state index contributed by atoms with van der Waals surface area (Å²) in [4.78, 5) is 8.80. The second kappa shape index (κ2) is 6.30. The van der Waals surface area contributed by atoms with E-state index in [1.807, 2.05) is 24.9 Å². The van der Waals surface area contributed by atoms with Crippen LogP contribution in [0.15, 0.2) is 73.4 Å². The van der Waals surface area contributed by atoms with Crippen molar-refractivity contribution in [1.29, 1.82) is 0 Å². The lowest BCUT2D eigenvalue weighted by molar-refractivity contribution is 0.567. The predicted octanol–water partition coefficient (Wildman–Crippen LogP) is 5.02. The number of benzene rings is 2. The molecule has 2 aromatic carbocycles. The van der Waals surface area contributed by atoms with E-state index in [1.54, 1.807) is 0 Å². The van der Waals surface area contributed by atoms with Crippen molar-refractivity contribution in [2.45, 2.75) is 25.9 Å². The Kier molecular flexibility index (Phi) is 3.67. The van der Waals surface area contributed by atoms with Crippen molar-refractivity contribution in [3.05, 3.63) is 73.4 Å². The molecule has 4 heteroatoms. The van der Waals surface area contributed by atoms with Gasteiger partial charge < -0.3 is 9.13 Å². The predicted molar refractivity (Wildman–Crippen MR) is 106 cm³/mol. The summed E-state index contributed by atoms with van der Waals surface area (Å²) in [6, 6.07) is 17.1. The number of aryl methyl sites for hydroxylation is 2. The van der Waals surface area contributed by atoms with Crippen LogP contribution in [-0.4, -0.2) is 19.1 Å². The Morgan fingerprint density at radius 1 is 0.808 bits per heavy atom. The quantitative estimate of drug-likeness (QED) is 0.421. The summed E-state index contributed by atoms with van der Waals surface area (Å²) >= 11 is 0. The van der Waals surface area contributed by atoms with Crippen LogP contribution in [0.25, 0.3) is 32.7 Å². The number of hydrogen-bond donors (Lipinski definition) is 0.